The average molecular weight is 406 g/mol. The molecule has 2 aromatic carbocycles. The number of nitrogens with zero attached hydrogens (tertiary/aromatic N) is 3. The molecule has 7 nitrogen and oxygen atoms in total. The van der Waals surface area contributed by atoms with Crippen molar-refractivity contribution >= 4 is 11.9 Å². The monoisotopic (exact) mass is 406 g/mol. The Hall–Kier alpha value is -3.35. The molecule has 4 rings (SSSR count). The zero-order valence-corrected chi connectivity index (χ0v) is 17.1. The Labute approximate surface area is 176 Å². The second kappa shape index (κ2) is 9.43. The highest BCUT2D eigenvalue weighted by Crippen LogP contribution is 2.25. The minimum atomic E-state index is -0.497. The smallest absolute Gasteiger partial charge is 0.318 e. The molecule has 1 aliphatic rings. The van der Waals surface area contributed by atoms with Gasteiger partial charge in [0.2, 0.25) is 11.8 Å². The van der Waals surface area contributed by atoms with Crippen molar-refractivity contribution in [3.8, 4) is 5.75 Å². The fourth-order valence-electron chi connectivity index (χ4n) is 3.63. The third-order valence-corrected chi connectivity index (χ3v) is 5.27. The van der Waals surface area contributed by atoms with Crippen molar-refractivity contribution in [1.29, 1.82) is 0 Å². The first kappa shape index (κ1) is 19.9. The number of carbonyl (C=O) groups is 1. The Kier molecular flexibility index (Phi) is 6.27. The maximum atomic E-state index is 12.8. The number of rotatable bonds is 7. The molecule has 1 aliphatic heterocycles. The molecule has 1 fully saturated rings. The number of ether oxygens (including phenoxy) is 1. The molecule has 1 aromatic heterocycles. The van der Waals surface area contributed by atoms with Crippen molar-refractivity contribution in [3.05, 3.63) is 71.6 Å². The van der Waals surface area contributed by atoms with Crippen LogP contribution in [0.15, 0.2) is 59.0 Å². The summed E-state index contributed by atoms with van der Waals surface area (Å²) in [5, 5.41) is 11.6. The number of benzene rings is 2. The highest BCUT2D eigenvalue weighted by molar-refractivity contribution is 5.79. The van der Waals surface area contributed by atoms with Crippen molar-refractivity contribution in [2.24, 2.45) is 0 Å². The van der Waals surface area contributed by atoms with Gasteiger partial charge in [0.05, 0.1) is 13.5 Å². The number of hydrogen-bond acceptors (Lipinski definition) is 6. The topological polar surface area (TPSA) is 80.5 Å². The highest BCUT2D eigenvalue weighted by atomic mass is 16.5. The fraction of sp³-hybridized carbons (Fsp3) is 0.348. The van der Waals surface area contributed by atoms with Crippen LogP contribution >= 0.6 is 0 Å². The van der Waals surface area contributed by atoms with E-state index in [1.54, 1.807) is 7.11 Å². The zero-order chi connectivity index (χ0) is 20.8. The predicted molar refractivity (Wildman–Crippen MR) is 113 cm³/mol. The van der Waals surface area contributed by atoms with Crippen LogP contribution in [0.2, 0.25) is 0 Å². The van der Waals surface area contributed by atoms with E-state index in [0.717, 1.165) is 42.8 Å². The van der Waals surface area contributed by atoms with Crippen LogP contribution in [0.4, 0.5) is 6.01 Å². The van der Waals surface area contributed by atoms with Crippen molar-refractivity contribution in [2.45, 2.75) is 31.7 Å². The Balaban J connectivity index is 1.51. The van der Waals surface area contributed by atoms with E-state index in [9.17, 15) is 4.79 Å². The summed E-state index contributed by atoms with van der Waals surface area (Å²) in [6.07, 6.45) is 3.73. The summed E-state index contributed by atoms with van der Waals surface area (Å²) >= 11 is 0. The van der Waals surface area contributed by atoms with Gasteiger partial charge in [0.15, 0.2) is 0 Å². The van der Waals surface area contributed by atoms with Crippen molar-refractivity contribution in [3.63, 3.8) is 0 Å². The third-order valence-electron chi connectivity index (χ3n) is 5.27. The van der Waals surface area contributed by atoms with Gasteiger partial charge >= 0.3 is 6.01 Å². The molecular weight excluding hydrogens is 380 g/mol. The Morgan fingerprint density at radius 1 is 1.07 bits per heavy atom. The van der Waals surface area contributed by atoms with Crippen LogP contribution in [0.25, 0.3) is 0 Å². The summed E-state index contributed by atoms with van der Waals surface area (Å²) in [5.74, 6) is 1.04. The first-order valence-electron chi connectivity index (χ1n) is 10.3. The molecule has 1 N–H and O–H groups in total. The van der Waals surface area contributed by atoms with E-state index >= 15 is 0 Å². The standard InChI is InChI=1S/C23H26N4O3/c1-29-19-12-10-17(11-13-19)16-20(28)24-21(18-8-4-2-5-9-18)22-25-26-23(30-22)27-14-6-3-7-15-27/h2,4-5,8-13,21H,3,6-7,14-16H2,1H3,(H,24,28)/t21-/m0/s1. The lowest BCUT2D eigenvalue weighted by molar-refractivity contribution is -0.121. The van der Waals surface area contributed by atoms with Gasteiger partial charge in [-0.1, -0.05) is 47.6 Å². The van der Waals surface area contributed by atoms with E-state index in [-0.39, 0.29) is 12.3 Å². The molecule has 0 unspecified atom stereocenters. The number of carbonyl (C=O) groups excluding carboxylic acids is 1. The van der Waals surface area contributed by atoms with E-state index in [4.69, 9.17) is 9.15 Å². The average Bonchev–Trinajstić information content (AvgIpc) is 3.29. The number of methoxy groups -OCH3 is 1. The quantitative estimate of drug-likeness (QED) is 0.647. The molecule has 3 aromatic rings. The number of anilines is 1. The van der Waals surface area contributed by atoms with E-state index in [2.05, 4.69) is 20.4 Å². The first-order chi connectivity index (χ1) is 14.7. The molecule has 1 amide bonds. The van der Waals surface area contributed by atoms with Crippen LogP contribution in [0.1, 0.15) is 42.3 Å². The molecule has 1 saturated heterocycles. The molecule has 0 aliphatic carbocycles. The Morgan fingerprint density at radius 3 is 2.50 bits per heavy atom. The zero-order valence-electron chi connectivity index (χ0n) is 17.1. The van der Waals surface area contributed by atoms with Gasteiger partial charge in [0, 0.05) is 13.1 Å². The maximum Gasteiger partial charge on any atom is 0.318 e. The number of amides is 1. The molecule has 1 atom stereocenters. The van der Waals surface area contributed by atoms with Gasteiger partial charge in [-0.25, -0.2) is 0 Å². The highest BCUT2D eigenvalue weighted by Gasteiger charge is 2.25. The van der Waals surface area contributed by atoms with Gasteiger partial charge < -0.3 is 19.4 Å². The lowest BCUT2D eigenvalue weighted by atomic mass is 10.1. The van der Waals surface area contributed by atoms with Crippen molar-refractivity contribution < 1.29 is 13.9 Å². The Morgan fingerprint density at radius 2 is 1.80 bits per heavy atom. The van der Waals surface area contributed by atoms with Crippen molar-refractivity contribution in [1.82, 2.24) is 15.5 Å². The van der Waals surface area contributed by atoms with Gasteiger partial charge in [0.1, 0.15) is 11.8 Å². The molecule has 0 spiro atoms. The SMILES string of the molecule is COc1ccc(CC(=O)N[C@@H](c2ccccc2)c2nnc(N3CCCCC3)o2)cc1. The van der Waals surface area contributed by atoms with Crippen LogP contribution in [0.3, 0.4) is 0 Å². The number of piperidine rings is 1. The second-order valence-corrected chi connectivity index (χ2v) is 7.41. The summed E-state index contributed by atoms with van der Waals surface area (Å²) in [4.78, 5) is 14.9. The molecule has 2 heterocycles. The van der Waals surface area contributed by atoms with Crippen LogP contribution in [0, 0.1) is 0 Å². The number of hydrogen-bond donors (Lipinski definition) is 1. The largest absolute Gasteiger partial charge is 0.497 e. The summed E-state index contributed by atoms with van der Waals surface area (Å²) < 4.78 is 11.2. The van der Waals surface area contributed by atoms with Crippen LogP contribution in [-0.2, 0) is 11.2 Å². The summed E-state index contributed by atoms with van der Waals surface area (Å²) in [7, 11) is 1.62. The molecule has 0 saturated carbocycles. The van der Waals surface area contributed by atoms with Gasteiger partial charge in [-0.2, -0.15) is 0 Å². The maximum absolute atomic E-state index is 12.8. The Bertz CT molecular complexity index is 950. The van der Waals surface area contributed by atoms with E-state index in [0.29, 0.717) is 11.9 Å². The lowest BCUT2D eigenvalue weighted by Gasteiger charge is -2.24. The van der Waals surface area contributed by atoms with E-state index in [1.807, 2.05) is 54.6 Å². The fourth-order valence-corrected chi connectivity index (χ4v) is 3.63. The molecule has 30 heavy (non-hydrogen) atoms. The summed E-state index contributed by atoms with van der Waals surface area (Å²) in [6.45, 7) is 1.84. The van der Waals surface area contributed by atoms with Gasteiger partial charge in [-0.15, -0.1) is 5.10 Å². The number of nitrogens with one attached hydrogen (secondary N) is 1. The van der Waals surface area contributed by atoms with Crippen LogP contribution in [0.5, 0.6) is 5.75 Å². The van der Waals surface area contributed by atoms with Gasteiger partial charge in [0.25, 0.3) is 0 Å². The summed E-state index contributed by atoms with van der Waals surface area (Å²) in [5.41, 5.74) is 1.80. The minimum absolute atomic E-state index is 0.119. The normalized spacial score (nSPS) is 14.9. The molecule has 0 radical (unpaired) electrons. The molecule has 0 bridgehead atoms. The molecular formula is C23H26N4O3. The van der Waals surface area contributed by atoms with Crippen LogP contribution in [-0.4, -0.2) is 36.3 Å². The summed E-state index contributed by atoms with van der Waals surface area (Å²) in [6, 6.07) is 17.2. The predicted octanol–water partition coefficient (Wildman–Crippen LogP) is 3.52. The minimum Gasteiger partial charge on any atom is -0.497 e. The molecule has 7 heteroatoms. The lowest BCUT2D eigenvalue weighted by Crippen LogP contribution is -2.31. The van der Waals surface area contributed by atoms with E-state index < -0.39 is 6.04 Å². The third kappa shape index (κ3) is 4.79. The number of aromatic nitrogens is 2. The van der Waals surface area contributed by atoms with Crippen LogP contribution < -0.4 is 15.0 Å². The van der Waals surface area contributed by atoms with Gasteiger partial charge in [-0.3, -0.25) is 4.79 Å². The first-order valence-corrected chi connectivity index (χ1v) is 10.3. The van der Waals surface area contributed by atoms with Gasteiger partial charge in [-0.05, 0) is 42.5 Å². The van der Waals surface area contributed by atoms with Crippen molar-refractivity contribution in [2.75, 3.05) is 25.1 Å². The molecule has 156 valence electrons. The second-order valence-electron chi connectivity index (χ2n) is 7.41. The van der Waals surface area contributed by atoms with E-state index in [1.165, 1.54) is 6.42 Å².